The van der Waals surface area contributed by atoms with E-state index in [1.165, 1.54) is 0 Å². The van der Waals surface area contributed by atoms with E-state index in [-0.39, 0.29) is 18.0 Å². The molecule has 1 aromatic heterocycles. The molecule has 0 amide bonds. The summed E-state index contributed by atoms with van der Waals surface area (Å²) in [5.41, 5.74) is 5.08. The van der Waals surface area contributed by atoms with Crippen molar-refractivity contribution < 1.29 is 22.7 Å². The number of esters is 1. The fourth-order valence-electron chi connectivity index (χ4n) is 0.823. The quantitative estimate of drug-likeness (QED) is 0.819. The van der Waals surface area contributed by atoms with Gasteiger partial charge in [-0.05, 0) is 12.1 Å². The Morgan fingerprint density at radius 1 is 1.47 bits per heavy atom. The standard InChI is InChI=1S/C8H8F3NO2S/c9-8(10,11)6-2-1-5(15-6)7(13)14-4-3-12/h1-2H,3-4,12H2. The largest absolute Gasteiger partial charge is 0.460 e. The molecule has 0 fully saturated rings. The molecule has 2 N–H and O–H groups in total. The molecule has 0 aliphatic heterocycles. The summed E-state index contributed by atoms with van der Waals surface area (Å²) < 4.78 is 41.0. The van der Waals surface area contributed by atoms with Crippen molar-refractivity contribution in [1.82, 2.24) is 0 Å². The Kier molecular flexibility index (Phi) is 3.70. The third kappa shape index (κ3) is 3.21. The molecule has 0 bridgehead atoms. The lowest BCUT2D eigenvalue weighted by Crippen LogP contribution is -2.12. The number of alkyl halides is 3. The van der Waals surface area contributed by atoms with E-state index in [1.807, 2.05) is 0 Å². The Labute approximate surface area is 87.6 Å². The maximum Gasteiger partial charge on any atom is 0.425 e. The lowest BCUT2D eigenvalue weighted by Gasteiger charge is -2.01. The molecule has 0 spiro atoms. The molecule has 7 heteroatoms. The first-order chi connectivity index (χ1) is 6.95. The fourth-order valence-corrected chi connectivity index (χ4v) is 1.59. The zero-order valence-corrected chi connectivity index (χ0v) is 8.32. The minimum Gasteiger partial charge on any atom is -0.460 e. The van der Waals surface area contributed by atoms with Crippen molar-refractivity contribution in [3.05, 3.63) is 21.9 Å². The Bertz CT molecular complexity index is 348. The Morgan fingerprint density at radius 3 is 2.60 bits per heavy atom. The SMILES string of the molecule is NCCOC(=O)c1ccc(C(F)(F)F)s1. The number of ether oxygens (including phenoxy) is 1. The van der Waals surface area contributed by atoms with Crippen LogP contribution in [0.5, 0.6) is 0 Å². The predicted molar refractivity (Wildman–Crippen MR) is 48.7 cm³/mol. The summed E-state index contributed by atoms with van der Waals surface area (Å²) >= 11 is 0.358. The molecule has 0 aliphatic rings. The van der Waals surface area contributed by atoms with Gasteiger partial charge in [0.25, 0.3) is 0 Å². The van der Waals surface area contributed by atoms with Gasteiger partial charge in [0.1, 0.15) is 16.4 Å². The zero-order chi connectivity index (χ0) is 11.5. The number of rotatable bonds is 3. The number of hydrogen-bond donors (Lipinski definition) is 1. The summed E-state index contributed by atoms with van der Waals surface area (Å²) in [6.45, 7) is 0.140. The summed E-state index contributed by atoms with van der Waals surface area (Å²) in [5.74, 6) is -0.777. The van der Waals surface area contributed by atoms with Crippen molar-refractivity contribution in [3.63, 3.8) is 0 Å². The number of carbonyl (C=O) groups excluding carboxylic acids is 1. The van der Waals surface area contributed by atoms with E-state index in [4.69, 9.17) is 5.73 Å². The second kappa shape index (κ2) is 4.63. The van der Waals surface area contributed by atoms with Gasteiger partial charge in [-0.15, -0.1) is 11.3 Å². The van der Waals surface area contributed by atoms with E-state index in [9.17, 15) is 18.0 Å². The van der Waals surface area contributed by atoms with Crippen LogP contribution in [0.4, 0.5) is 13.2 Å². The molecular weight excluding hydrogens is 231 g/mol. The minimum absolute atomic E-state index is 0.00190. The molecule has 1 aromatic rings. The normalized spacial score (nSPS) is 11.5. The van der Waals surface area contributed by atoms with Crippen LogP contribution in [0.15, 0.2) is 12.1 Å². The first-order valence-electron chi connectivity index (χ1n) is 3.99. The molecule has 0 aromatic carbocycles. The second-order valence-corrected chi connectivity index (χ2v) is 3.67. The van der Waals surface area contributed by atoms with Gasteiger partial charge in [-0.25, -0.2) is 4.79 Å². The van der Waals surface area contributed by atoms with E-state index in [1.54, 1.807) is 0 Å². The minimum atomic E-state index is -4.42. The maximum atomic E-state index is 12.2. The highest BCUT2D eigenvalue weighted by Crippen LogP contribution is 2.34. The maximum absolute atomic E-state index is 12.2. The Hall–Kier alpha value is -1.08. The third-order valence-electron chi connectivity index (χ3n) is 1.44. The molecule has 0 radical (unpaired) electrons. The Morgan fingerprint density at radius 2 is 2.13 bits per heavy atom. The zero-order valence-electron chi connectivity index (χ0n) is 7.50. The molecule has 15 heavy (non-hydrogen) atoms. The summed E-state index contributed by atoms with van der Waals surface area (Å²) in [7, 11) is 0. The molecule has 0 saturated heterocycles. The molecule has 84 valence electrons. The highest BCUT2D eigenvalue weighted by Gasteiger charge is 2.33. The monoisotopic (exact) mass is 239 g/mol. The average Bonchev–Trinajstić information content (AvgIpc) is 2.62. The van der Waals surface area contributed by atoms with Crippen LogP contribution in [0, 0.1) is 0 Å². The first kappa shape index (κ1) is 12.0. The molecular formula is C8H8F3NO2S. The third-order valence-corrected chi connectivity index (χ3v) is 2.55. The van der Waals surface area contributed by atoms with Crippen LogP contribution < -0.4 is 5.73 Å². The molecule has 0 unspecified atom stereocenters. The van der Waals surface area contributed by atoms with E-state index in [2.05, 4.69) is 4.74 Å². The van der Waals surface area contributed by atoms with Gasteiger partial charge in [0, 0.05) is 6.54 Å². The van der Waals surface area contributed by atoms with Crippen molar-refractivity contribution in [2.75, 3.05) is 13.2 Å². The van der Waals surface area contributed by atoms with Crippen molar-refractivity contribution in [3.8, 4) is 0 Å². The van der Waals surface area contributed by atoms with Crippen molar-refractivity contribution in [2.45, 2.75) is 6.18 Å². The first-order valence-corrected chi connectivity index (χ1v) is 4.81. The van der Waals surface area contributed by atoms with Crippen molar-refractivity contribution in [2.24, 2.45) is 5.73 Å². The highest BCUT2D eigenvalue weighted by molar-refractivity contribution is 7.14. The van der Waals surface area contributed by atoms with Crippen LogP contribution in [-0.4, -0.2) is 19.1 Å². The van der Waals surface area contributed by atoms with Crippen molar-refractivity contribution in [1.29, 1.82) is 0 Å². The second-order valence-electron chi connectivity index (χ2n) is 2.59. The van der Waals surface area contributed by atoms with Crippen LogP contribution in [0.25, 0.3) is 0 Å². The van der Waals surface area contributed by atoms with E-state index in [0.29, 0.717) is 11.3 Å². The average molecular weight is 239 g/mol. The predicted octanol–water partition coefficient (Wildman–Crippen LogP) is 1.88. The van der Waals surface area contributed by atoms with Gasteiger partial charge < -0.3 is 10.5 Å². The lowest BCUT2D eigenvalue weighted by atomic mass is 10.4. The molecule has 0 saturated carbocycles. The molecule has 3 nitrogen and oxygen atoms in total. The van der Waals surface area contributed by atoms with Gasteiger partial charge in [0.15, 0.2) is 0 Å². The summed E-state index contributed by atoms with van der Waals surface area (Å²) in [6, 6.07) is 1.94. The van der Waals surface area contributed by atoms with E-state index >= 15 is 0 Å². The molecule has 1 rings (SSSR count). The molecule has 0 aliphatic carbocycles. The van der Waals surface area contributed by atoms with Crippen molar-refractivity contribution >= 4 is 17.3 Å². The van der Waals surface area contributed by atoms with E-state index < -0.39 is 17.0 Å². The van der Waals surface area contributed by atoms with Crippen LogP contribution >= 0.6 is 11.3 Å². The summed E-state index contributed by atoms with van der Waals surface area (Å²) in [5, 5.41) is 0. The fraction of sp³-hybridized carbons (Fsp3) is 0.375. The van der Waals surface area contributed by atoms with Gasteiger partial charge >= 0.3 is 12.1 Å². The number of thiophene rings is 1. The van der Waals surface area contributed by atoms with Gasteiger partial charge in [-0.3, -0.25) is 0 Å². The number of carbonyl (C=O) groups is 1. The number of nitrogens with two attached hydrogens (primary N) is 1. The van der Waals surface area contributed by atoms with Crippen LogP contribution in [0.1, 0.15) is 14.5 Å². The van der Waals surface area contributed by atoms with E-state index in [0.717, 1.165) is 12.1 Å². The topological polar surface area (TPSA) is 52.3 Å². The smallest absolute Gasteiger partial charge is 0.425 e. The lowest BCUT2D eigenvalue weighted by molar-refractivity contribution is -0.134. The van der Waals surface area contributed by atoms with Crippen LogP contribution in [0.2, 0.25) is 0 Å². The van der Waals surface area contributed by atoms with Crippen LogP contribution in [0.3, 0.4) is 0 Å². The van der Waals surface area contributed by atoms with Gasteiger partial charge in [-0.2, -0.15) is 13.2 Å². The van der Waals surface area contributed by atoms with Crippen LogP contribution in [-0.2, 0) is 10.9 Å². The van der Waals surface area contributed by atoms with Gasteiger partial charge in [0.2, 0.25) is 0 Å². The Balaban J connectivity index is 2.72. The number of hydrogen-bond acceptors (Lipinski definition) is 4. The highest BCUT2D eigenvalue weighted by atomic mass is 32.1. The molecule has 0 atom stereocenters. The molecule has 1 heterocycles. The number of halogens is 3. The summed E-state index contributed by atoms with van der Waals surface area (Å²) in [4.78, 5) is 10.2. The van der Waals surface area contributed by atoms with Gasteiger partial charge in [-0.1, -0.05) is 0 Å². The summed E-state index contributed by atoms with van der Waals surface area (Å²) in [6.07, 6.45) is -4.42. The van der Waals surface area contributed by atoms with Gasteiger partial charge in [0.05, 0.1) is 0 Å².